The first-order valence-corrected chi connectivity index (χ1v) is 9.24. The third-order valence-corrected chi connectivity index (χ3v) is 4.78. The second kappa shape index (κ2) is 8.50. The van der Waals surface area contributed by atoms with Gasteiger partial charge in [0, 0.05) is 25.4 Å². The van der Waals surface area contributed by atoms with Crippen molar-refractivity contribution in [1.29, 1.82) is 5.26 Å². The Morgan fingerprint density at radius 3 is 2.46 bits per heavy atom. The lowest BCUT2D eigenvalue weighted by Gasteiger charge is -2.41. The first-order valence-electron chi connectivity index (χ1n) is 9.24. The second-order valence-corrected chi connectivity index (χ2v) is 8.23. The summed E-state index contributed by atoms with van der Waals surface area (Å²) in [6.07, 6.45) is 5.78. The molecule has 1 aromatic heterocycles. The number of likely N-dealkylation sites (tertiary alicyclic amines) is 1. The summed E-state index contributed by atoms with van der Waals surface area (Å²) in [6.45, 7) is 9.92. The first-order chi connectivity index (χ1) is 12.2. The number of amides is 1. The van der Waals surface area contributed by atoms with E-state index in [0.29, 0.717) is 18.9 Å². The Morgan fingerprint density at radius 2 is 1.92 bits per heavy atom. The van der Waals surface area contributed by atoms with Gasteiger partial charge in [0.05, 0.1) is 6.07 Å². The van der Waals surface area contributed by atoms with Crippen molar-refractivity contribution in [2.24, 2.45) is 5.92 Å². The molecule has 1 aliphatic heterocycles. The highest BCUT2D eigenvalue weighted by molar-refractivity contribution is 5.67. The number of aromatic nitrogens is 1. The molecule has 1 unspecified atom stereocenters. The van der Waals surface area contributed by atoms with E-state index in [-0.39, 0.29) is 6.09 Å². The van der Waals surface area contributed by atoms with Crippen molar-refractivity contribution in [2.45, 2.75) is 58.1 Å². The Bertz CT molecular complexity index is 627. The molecule has 0 radical (unpaired) electrons. The lowest BCUT2D eigenvalue weighted by atomic mass is 9.88. The van der Waals surface area contributed by atoms with Crippen LogP contribution in [0.4, 0.5) is 4.79 Å². The highest BCUT2D eigenvalue weighted by Crippen LogP contribution is 2.26. The van der Waals surface area contributed by atoms with Gasteiger partial charge in [-0.3, -0.25) is 9.88 Å². The van der Waals surface area contributed by atoms with Crippen LogP contribution in [0.25, 0.3) is 0 Å². The zero-order valence-corrected chi connectivity index (χ0v) is 16.3. The number of ether oxygens (including phenoxy) is 1. The molecule has 1 fully saturated rings. The molecule has 142 valence electrons. The summed E-state index contributed by atoms with van der Waals surface area (Å²) in [5, 5.41) is 12.6. The van der Waals surface area contributed by atoms with E-state index in [1.165, 1.54) is 0 Å². The number of pyridine rings is 1. The van der Waals surface area contributed by atoms with Gasteiger partial charge in [-0.15, -0.1) is 0 Å². The fraction of sp³-hybridized carbons (Fsp3) is 0.650. The van der Waals surface area contributed by atoms with Crippen molar-refractivity contribution in [3.8, 4) is 6.07 Å². The van der Waals surface area contributed by atoms with Crippen molar-refractivity contribution in [2.75, 3.05) is 19.6 Å². The van der Waals surface area contributed by atoms with E-state index in [0.717, 1.165) is 31.5 Å². The van der Waals surface area contributed by atoms with Crippen LogP contribution in [0.2, 0.25) is 0 Å². The minimum absolute atomic E-state index is 0.362. The molecule has 1 atom stereocenters. The maximum Gasteiger partial charge on any atom is 0.407 e. The summed E-state index contributed by atoms with van der Waals surface area (Å²) < 4.78 is 5.28. The van der Waals surface area contributed by atoms with Crippen molar-refractivity contribution >= 4 is 6.09 Å². The van der Waals surface area contributed by atoms with Crippen LogP contribution < -0.4 is 5.32 Å². The summed E-state index contributed by atoms with van der Waals surface area (Å²) in [6, 6.07) is 6.43. The van der Waals surface area contributed by atoms with Gasteiger partial charge in [-0.2, -0.15) is 5.26 Å². The van der Waals surface area contributed by atoms with Gasteiger partial charge >= 0.3 is 6.09 Å². The third kappa shape index (κ3) is 5.99. The van der Waals surface area contributed by atoms with Gasteiger partial charge in [-0.1, -0.05) is 0 Å². The van der Waals surface area contributed by atoms with Crippen LogP contribution in [0, 0.1) is 17.2 Å². The molecule has 1 amide bonds. The van der Waals surface area contributed by atoms with Gasteiger partial charge in [0.25, 0.3) is 0 Å². The fourth-order valence-corrected chi connectivity index (χ4v) is 3.29. The molecule has 1 N–H and O–H groups in total. The van der Waals surface area contributed by atoms with Crippen LogP contribution in [0.3, 0.4) is 0 Å². The molecule has 0 aliphatic carbocycles. The van der Waals surface area contributed by atoms with E-state index >= 15 is 0 Å². The summed E-state index contributed by atoms with van der Waals surface area (Å²) in [5.74, 6) is 0.419. The quantitative estimate of drug-likeness (QED) is 0.875. The number of rotatable bonds is 5. The molecule has 0 saturated carbocycles. The lowest BCUT2D eigenvalue weighted by molar-refractivity contribution is 0.0496. The van der Waals surface area contributed by atoms with Crippen molar-refractivity contribution in [3.05, 3.63) is 30.1 Å². The van der Waals surface area contributed by atoms with E-state index in [4.69, 9.17) is 4.74 Å². The Kier molecular flexibility index (Phi) is 6.60. The molecule has 1 aromatic rings. The monoisotopic (exact) mass is 358 g/mol. The molecule has 1 saturated heterocycles. The van der Waals surface area contributed by atoms with E-state index in [1.807, 2.05) is 39.8 Å². The van der Waals surface area contributed by atoms with Gasteiger partial charge in [0.15, 0.2) is 0 Å². The highest BCUT2D eigenvalue weighted by atomic mass is 16.6. The smallest absolute Gasteiger partial charge is 0.407 e. The van der Waals surface area contributed by atoms with Crippen molar-refractivity contribution in [1.82, 2.24) is 15.2 Å². The molecule has 26 heavy (non-hydrogen) atoms. The standard InChI is InChI=1S/C20H30N4O2/c1-19(2,3)26-18(25)23-14-17-7-11-24(12-8-17)20(4,15-21)13-16-5-9-22-10-6-16/h5-6,9-10,17H,7-8,11-14H2,1-4H3,(H,23,25). The summed E-state index contributed by atoms with van der Waals surface area (Å²) in [4.78, 5) is 18.1. The van der Waals surface area contributed by atoms with Crippen LogP contribution in [-0.2, 0) is 11.2 Å². The molecule has 1 aliphatic rings. The maximum absolute atomic E-state index is 11.8. The number of nitrogens with one attached hydrogen (secondary N) is 1. The zero-order chi connectivity index (χ0) is 19.2. The van der Waals surface area contributed by atoms with Gasteiger partial charge in [0.2, 0.25) is 0 Å². The van der Waals surface area contributed by atoms with Crippen LogP contribution in [-0.4, -0.2) is 46.8 Å². The third-order valence-electron chi connectivity index (χ3n) is 4.78. The minimum Gasteiger partial charge on any atom is -0.444 e. The summed E-state index contributed by atoms with van der Waals surface area (Å²) in [5.41, 5.74) is 0.123. The number of piperidine rings is 1. The molecule has 2 rings (SSSR count). The van der Waals surface area contributed by atoms with E-state index in [2.05, 4.69) is 21.3 Å². The maximum atomic E-state index is 11.8. The molecule has 6 nitrogen and oxygen atoms in total. The largest absolute Gasteiger partial charge is 0.444 e. The van der Waals surface area contributed by atoms with E-state index in [1.54, 1.807) is 12.4 Å². The average molecular weight is 358 g/mol. The molecule has 0 spiro atoms. The Hall–Kier alpha value is -2.13. The summed E-state index contributed by atoms with van der Waals surface area (Å²) >= 11 is 0. The number of carbonyl (C=O) groups excluding carboxylic acids is 1. The van der Waals surface area contributed by atoms with Crippen molar-refractivity contribution < 1.29 is 9.53 Å². The Labute approximate surface area is 156 Å². The van der Waals surface area contributed by atoms with Crippen LogP contribution in [0.15, 0.2) is 24.5 Å². The number of carbonyl (C=O) groups is 1. The van der Waals surface area contributed by atoms with Crippen LogP contribution in [0.5, 0.6) is 0 Å². The topological polar surface area (TPSA) is 78.2 Å². The predicted octanol–water partition coefficient (Wildman–Crippen LogP) is 3.14. The van der Waals surface area contributed by atoms with E-state index < -0.39 is 11.1 Å². The number of hydrogen-bond donors (Lipinski definition) is 1. The molecular weight excluding hydrogens is 328 g/mol. The van der Waals surface area contributed by atoms with Crippen LogP contribution in [0.1, 0.15) is 46.1 Å². The molecule has 0 aromatic carbocycles. The van der Waals surface area contributed by atoms with Gasteiger partial charge in [-0.25, -0.2) is 4.79 Å². The number of alkyl carbamates (subject to hydrolysis) is 1. The lowest BCUT2D eigenvalue weighted by Crippen LogP contribution is -2.51. The predicted molar refractivity (Wildman–Crippen MR) is 100 cm³/mol. The SMILES string of the molecule is CC(C)(C)OC(=O)NCC1CCN(C(C)(C#N)Cc2ccncc2)CC1. The Morgan fingerprint density at radius 1 is 1.31 bits per heavy atom. The Balaban J connectivity index is 1.83. The molecule has 2 heterocycles. The number of nitriles is 1. The van der Waals surface area contributed by atoms with Crippen molar-refractivity contribution in [3.63, 3.8) is 0 Å². The van der Waals surface area contributed by atoms with Gasteiger partial charge in [-0.05, 0) is 77.2 Å². The molecule has 6 heteroatoms. The molecular formula is C20H30N4O2. The molecule has 0 bridgehead atoms. The second-order valence-electron chi connectivity index (χ2n) is 8.23. The highest BCUT2D eigenvalue weighted by Gasteiger charge is 2.35. The normalized spacial score (nSPS) is 18.6. The summed E-state index contributed by atoms with van der Waals surface area (Å²) in [7, 11) is 0. The van der Waals surface area contributed by atoms with Gasteiger partial charge in [0.1, 0.15) is 11.1 Å². The first kappa shape index (κ1) is 20.2. The average Bonchev–Trinajstić information content (AvgIpc) is 2.60. The number of hydrogen-bond acceptors (Lipinski definition) is 5. The number of nitrogens with zero attached hydrogens (tertiary/aromatic N) is 3. The van der Waals surface area contributed by atoms with E-state index in [9.17, 15) is 10.1 Å². The van der Waals surface area contributed by atoms with Crippen LogP contribution >= 0.6 is 0 Å². The fourth-order valence-electron chi connectivity index (χ4n) is 3.29. The minimum atomic E-state index is -0.523. The zero-order valence-electron chi connectivity index (χ0n) is 16.3. The van der Waals surface area contributed by atoms with Gasteiger partial charge < -0.3 is 10.1 Å².